The van der Waals surface area contributed by atoms with E-state index in [4.69, 9.17) is 0 Å². The van der Waals surface area contributed by atoms with Gasteiger partial charge < -0.3 is 10.2 Å². The van der Waals surface area contributed by atoms with E-state index in [1.165, 1.54) is 18.4 Å². The van der Waals surface area contributed by atoms with Crippen molar-refractivity contribution in [1.82, 2.24) is 10.2 Å². The Kier molecular flexibility index (Phi) is 9.67. The van der Waals surface area contributed by atoms with E-state index < -0.39 is 6.04 Å². The molecule has 2 aromatic carbocycles. The van der Waals surface area contributed by atoms with E-state index in [2.05, 4.69) is 46.4 Å². The number of aryl methyl sites for hydroxylation is 1. The highest BCUT2D eigenvalue weighted by Crippen LogP contribution is 2.21. The lowest BCUT2D eigenvalue weighted by atomic mass is 10.1. The van der Waals surface area contributed by atoms with Gasteiger partial charge in [0, 0.05) is 22.8 Å². The normalized spacial score (nSPS) is 14.8. The second kappa shape index (κ2) is 12.4. The lowest BCUT2D eigenvalue weighted by molar-refractivity contribution is -0.139. The maximum absolute atomic E-state index is 13.4. The van der Waals surface area contributed by atoms with Gasteiger partial charge in [-0.1, -0.05) is 72.1 Å². The second-order valence-electron chi connectivity index (χ2n) is 8.48. The fourth-order valence-electron chi connectivity index (χ4n) is 4.18. The van der Waals surface area contributed by atoms with Crippen molar-refractivity contribution in [1.29, 1.82) is 0 Å². The highest BCUT2D eigenvalue weighted by atomic mass is 79.9. The Balaban J connectivity index is 1.70. The van der Waals surface area contributed by atoms with Gasteiger partial charge in [-0.3, -0.25) is 9.59 Å². The maximum Gasteiger partial charge on any atom is 0.243 e. The first kappa shape index (κ1) is 24.8. The summed E-state index contributed by atoms with van der Waals surface area (Å²) in [6, 6.07) is 16.1. The average molecular weight is 518 g/mol. The first-order valence-corrected chi connectivity index (χ1v) is 13.4. The smallest absolute Gasteiger partial charge is 0.243 e. The molecule has 3 rings (SSSR count). The SMILES string of the molecule is CC[C@@H](C(=O)NC1CCCC1)N(Cc1ccccc1C)C(=O)CSCc1ccc(Br)cc1. The Labute approximate surface area is 204 Å². The van der Waals surface area contributed by atoms with Crippen LogP contribution in [0.4, 0.5) is 0 Å². The van der Waals surface area contributed by atoms with Gasteiger partial charge >= 0.3 is 0 Å². The Morgan fingerprint density at radius 3 is 2.47 bits per heavy atom. The van der Waals surface area contributed by atoms with Gasteiger partial charge in [-0.2, -0.15) is 0 Å². The minimum absolute atomic E-state index is 0.0146. The van der Waals surface area contributed by atoms with Crippen LogP contribution in [0.15, 0.2) is 53.0 Å². The van der Waals surface area contributed by atoms with Crippen LogP contribution in [0.25, 0.3) is 0 Å². The van der Waals surface area contributed by atoms with Gasteiger partial charge in [-0.25, -0.2) is 0 Å². The number of nitrogens with zero attached hydrogens (tertiary/aromatic N) is 1. The van der Waals surface area contributed by atoms with Crippen LogP contribution in [0, 0.1) is 6.92 Å². The van der Waals surface area contributed by atoms with Crippen molar-refractivity contribution in [3.05, 3.63) is 69.7 Å². The third-order valence-electron chi connectivity index (χ3n) is 6.10. The molecule has 1 atom stereocenters. The number of hydrogen-bond donors (Lipinski definition) is 1. The molecular weight excluding hydrogens is 484 g/mol. The van der Waals surface area contributed by atoms with Gasteiger partial charge in [0.15, 0.2) is 0 Å². The van der Waals surface area contributed by atoms with E-state index in [0.717, 1.165) is 34.2 Å². The van der Waals surface area contributed by atoms with E-state index in [-0.39, 0.29) is 17.9 Å². The number of amides is 2. The van der Waals surface area contributed by atoms with Crippen LogP contribution in [-0.4, -0.2) is 34.6 Å². The molecule has 0 aromatic heterocycles. The predicted octanol–water partition coefficient (Wildman–Crippen LogP) is 5.86. The van der Waals surface area contributed by atoms with Gasteiger partial charge in [0.2, 0.25) is 11.8 Å². The van der Waals surface area contributed by atoms with Crippen LogP contribution in [0.1, 0.15) is 55.7 Å². The highest BCUT2D eigenvalue weighted by molar-refractivity contribution is 9.10. The largest absolute Gasteiger partial charge is 0.352 e. The van der Waals surface area contributed by atoms with Crippen molar-refractivity contribution in [3.8, 4) is 0 Å². The lowest BCUT2D eigenvalue weighted by Crippen LogP contribution is -2.51. The van der Waals surface area contributed by atoms with E-state index in [0.29, 0.717) is 18.7 Å². The lowest BCUT2D eigenvalue weighted by Gasteiger charge is -2.32. The summed E-state index contributed by atoms with van der Waals surface area (Å²) in [5.74, 6) is 1.13. The molecule has 0 bridgehead atoms. The first-order chi connectivity index (χ1) is 15.5. The third-order valence-corrected chi connectivity index (χ3v) is 7.61. The summed E-state index contributed by atoms with van der Waals surface area (Å²) < 4.78 is 1.05. The standard InChI is InChI=1S/C26H33BrN2O2S/c1-3-24(26(31)28-23-10-6-7-11-23)29(16-21-9-5-4-8-19(21)2)25(30)18-32-17-20-12-14-22(27)15-13-20/h4-5,8-9,12-15,23-24H,3,6-7,10-11,16-18H2,1-2H3,(H,28,31)/t24-/m0/s1. The molecule has 32 heavy (non-hydrogen) atoms. The number of halogens is 1. The van der Waals surface area contributed by atoms with Gasteiger partial charge in [-0.05, 0) is 55.0 Å². The summed E-state index contributed by atoms with van der Waals surface area (Å²) in [5.41, 5.74) is 3.41. The Hall–Kier alpha value is -1.79. The first-order valence-electron chi connectivity index (χ1n) is 11.4. The van der Waals surface area contributed by atoms with Gasteiger partial charge in [0.25, 0.3) is 0 Å². The van der Waals surface area contributed by atoms with E-state index in [1.54, 1.807) is 16.7 Å². The van der Waals surface area contributed by atoms with Gasteiger partial charge in [0.05, 0.1) is 5.75 Å². The molecule has 0 aliphatic heterocycles. The van der Waals surface area contributed by atoms with Crippen molar-refractivity contribution in [2.45, 2.75) is 70.3 Å². The van der Waals surface area contributed by atoms with Crippen LogP contribution < -0.4 is 5.32 Å². The fraction of sp³-hybridized carbons (Fsp3) is 0.462. The molecule has 0 saturated heterocycles. The quantitative estimate of drug-likeness (QED) is 0.430. The fourth-order valence-corrected chi connectivity index (χ4v) is 5.31. The number of rotatable bonds is 10. The van der Waals surface area contributed by atoms with Gasteiger partial charge in [-0.15, -0.1) is 11.8 Å². The maximum atomic E-state index is 13.4. The van der Waals surface area contributed by atoms with E-state index >= 15 is 0 Å². The zero-order valence-corrected chi connectivity index (χ0v) is 21.4. The van der Waals surface area contributed by atoms with Crippen molar-refractivity contribution in [2.75, 3.05) is 5.75 Å². The molecule has 2 aromatic rings. The molecule has 1 fully saturated rings. The van der Waals surface area contributed by atoms with Crippen LogP contribution in [-0.2, 0) is 21.9 Å². The number of hydrogen-bond acceptors (Lipinski definition) is 3. The molecule has 6 heteroatoms. The number of nitrogens with one attached hydrogen (secondary N) is 1. The molecule has 2 amide bonds. The molecule has 0 spiro atoms. The molecule has 172 valence electrons. The number of carbonyl (C=O) groups is 2. The van der Waals surface area contributed by atoms with Crippen molar-refractivity contribution in [2.24, 2.45) is 0 Å². The molecule has 0 heterocycles. The zero-order valence-electron chi connectivity index (χ0n) is 19.0. The Morgan fingerprint density at radius 1 is 1.12 bits per heavy atom. The van der Waals surface area contributed by atoms with Crippen LogP contribution >= 0.6 is 27.7 Å². The summed E-state index contributed by atoms with van der Waals surface area (Å²) in [7, 11) is 0. The number of benzene rings is 2. The minimum atomic E-state index is -0.448. The number of carbonyl (C=O) groups excluding carboxylic acids is 2. The summed E-state index contributed by atoms with van der Waals surface area (Å²) in [4.78, 5) is 28.3. The summed E-state index contributed by atoms with van der Waals surface area (Å²) in [6.45, 7) is 4.51. The highest BCUT2D eigenvalue weighted by Gasteiger charge is 2.30. The minimum Gasteiger partial charge on any atom is -0.352 e. The molecule has 1 aliphatic carbocycles. The van der Waals surface area contributed by atoms with Crippen molar-refractivity contribution in [3.63, 3.8) is 0 Å². The van der Waals surface area contributed by atoms with Crippen LogP contribution in [0.3, 0.4) is 0 Å². The monoisotopic (exact) mass is 516 g/mol. The molecule has 1 saturated carbocycles. The number of thioether (sulfide) groups is 1. The summed E-state index contributed by atoms with van der Waals surface area (Å²) in [5, 5.41) is 3.21. The average Bonchev–Trinajstić information content (AvgIpc) is 3.29. The van der Waals surface area contributed by atoms with Gasteiger partial charge in [0.1, 0.15) is 6.04 Å². The third kappa shape index (κ3) is 7.11. The molecule has 0 unspecified atom stereocenters. The van der Waals surface area contributed by atoms with Crippen LogP contribution in [0.5, 0.6) is 0 Å². The summed E-state index contributed by atoms with van der Waals surface area (Å²) in [6.07, 6.45) is 5.02. The Bertz CT molecular complexity index is 897. The molecule has 0 radical (unpaired) electrons. The van der Waals surface area contributed by atoms with E-state index in [1.807, 2.05) is 37.3 Å². The zero-order chi connectivity index (χ0) is 22.9. The van der Waals surface area contributed by atoms with Crippen molar-refractivity contribution >= 4 is 39.5 Å². The predicted molar refractivity (Wildman–Crippen MR) is 137 cm³/mol. The molecule has 1 aliphatic rings. The molecule has 4 nitrogen and oxygen atoms in total. The topological polar surface area (TPSA) is 49.4 Å². The molecule has 1 N–H and O–H groups in total. The van der Waals surface area contributed by atoms with Crippen LogP contribution in [0.2, 0.25) is 0 Å². The Morgan fingerprint density at radius 2 is 1.81 bits per heavy atom. The van der Waals surface area contributed by atoms with Crippen molar-refractivity contribution < 1.29 is 9.59 Å². The molecular formula is C26H33BrN2O2S. The van der Waals surface area contributed by atoms with E-state index in [9.17, 15) is 9.59 Å². The second-order valence-corrected chi connectivity index (χ2v) is 10.4. The summed E-state index contributed by atoms with van der Waals surface area (Å²) >= 11 is 5.05.